The van der Waals surface area contributed by atoms with E-state index in [1.54, 1.807) is 0 Å². The molecule has 0 amide bonds. The summed E-state index contributed by atoms with van der Waals surface area (Å²) in [4.78, 5) is 6.01. The van der Waals surface area contributed by atoms with Gasteiger partial charge >= 0.3 is 0 Å². The zero-order valence-electron chi connectivity index (χ0n) is 13.5. The third-order valence-electron chi connectivity index (χ3n) is 4.78. The van der Waals surface area contributed by atoms with Gasteiger partial charge in [-0.3, -0.25) is 10.00 Å². The van der Waals surface area contributed by atoms with Gasteiger partial charge in [0, 0.05) is 42.4 Å². The monoisotopic (exact) mass is 344 g/mol. The highest BCUT2D eigenvalue weighted by Gasteiger charge is 2.29. The van der Waals surface area contributed by atoms with E-state index in [9.17, 15) is 8.42 Å². The number of nitrogens with one attached hydrogen (secondary N) is 2. The van der Waals surface area contributed by atoms with E-state index < -0.39 is 9.84 Å². The smallest absolute Gasteiger partial charge is 0.178 e. The summed E-state index contributed by atoms with van der Waals surface area (Å²) in [5.74, 6) is 0.183. The fourth-order valence-electron chi connectivity index (χ4n) is 3.59. The number of H-pyrrole nitrogens is 2. The predicted octanol–water partition coefficient (Wildman–Crippen LogP) is 2.28. The lowest BCUT2D eigenvalue weighted by molar-refractivity contribution is 0.327. The van der Waals surface area contributed by atoms with Gasteiger partial charge in [0.05, 0.1) is 11.9 Å². The van der Waals surface area contributed by atoms with Crippen LogP contribution in [0.15, 0.2) is 41.6 Å². The Kier molecular flexibility index (Phi) is 3.69. The number of hydrogen-bond donors (Lipinski definition) is 2. The van der Waals surface area contributed by atoms with Gasteiger partial charge in [-0.05, 0) is 24.6 Å². The van der Waals surface area contributed by atoms with Crippen molar-refractivity contribution in [1.29, 1.82) is 0 Å². The molecule has 2 N–H and O–H groups in total. The third kappa shape index (κ3) is 2.74. The largest absolute Gasteiger partial charge is 0.361 e. The summed E-state index contributed by atoms with van der Waals surface area (Å²) in [5.41, 5.74) is 3.18. The van der Waals surface area contributed by atoms with Gasteiger partial charge in [-0.15, -0.1) is 0 Å². The lowest BCUT2D eigenvalue weighted by atomic mass is 10.1. The first-order valence-electron chi connectivity index (χ1n) is 8.03. The van der Waals surface area contributed by atoms with E-state index in [1.807, 2.05) is 6.07 Å². The van der Waals surface area contributed by atoms with Crippen molar-refractivity contribution in [2.75, 3.05) is 19.3 Å². The first kappa shape index (κ1) is 15.4. The van der Waals surface area contributed by atoms with Gasteiger partial charge < -0.3 is 4.98 Å². The Morgan fingerprint density at radius 1 is 1.33 bits per heavy atom. The number of aromatic amines is 2. The molecule has 4 rings (SSSR count). The molecule has 1 saturated heterocycles. The van der Waals surface area contributed by atoms with Crippen LogP contribution in [0, 0.1) is 0 Å². The number of para-hydroxylation sites is 1. The molecule has 1 aliphatic heterocycles. The number of benzene rings is 1. The highest BCUT2D eigenvalue weighted by Crippen LogP contribution is 2.31. The highest BCUT2D eigenvalue weighted by atomic mass is 32.2. The fraction of sp³-hybridized carbons (Fsp3) is 0.353. The van der Waals surface area contributed by atoms with E-state index in [1.165, 1.54) is 23.4 Å². The van der Waals surface area contributed by atoms with Crippen LogP contribution in [0.25, 0.3) is 10.9 Å². The number of aromatic nitrogens is 3. The molecular formula is C17H20N4O2S. The van der Waals surface area contributed by atoms with E-state index in [2.05, 4.69) is 44.5 Å². The molecule has 2 aromatic heterocycles. The molecule has 3 aromatic rings. The van der Waals surface area contributed by atoms with Crippen LogP contribution >= 0.6 is 0 Å². The Morgan fingerprint density at radius 3 is 3.00 bits per heavy atom. The maximum Gasteiger partial charge on any atom is 0.178 e. The topological polar surface area (TPSA) is 81.8 Å². The SMILES string of the molecule is CS(=O)(=O)c1cn[nH]c1C1CCN(Cc2c[nH]c3ccccc23)C1. The molecule has 0 radical (unpaired) electrons. The average Bonchev–Trinajstić information content (AvgIpc) is 3.25. The molecule has 3 heterocycles. The Balaban J connectivity index is 1.52. The van der Waals surface area contributed by atoms with Crippen molar-refractivity contribution in [2.24, 2.45) is 0 Å². The van der Waals surface area contributed by atoms with E-state index in [0.29, 0.717) is 4.90 Å². The zero-order valence-corrected chi connectivity index (χ0v) is 14.3. The van der Waals surface area contributed by atoms with Crippen LogP contribution in [0.2, 0.25) is 0 Å². The lowest BCUT2D eigenvalue weighted by Crippen LogP contribution is -2.20. The molecule has 6 nitrogen and oxygen atoms in total. The summed E-state index contributed by atoms with van der Waals surface area (Å²) in [6, 6.07) is 8.29. The molecule has 1 atom stereocenters. The standard InChI is InChI=1S/C17H20N4O2S/c1-24(22,23)16-9-19-20-17(16)12-6-7-21(10-12)11-13-8-18-15-5-3-2-4-14(13)15/h2-5,8-9,12,18H,6-7,10-11H2,1H3,(H,19,20). The molecule has 1 fully saturated rings. The number of likely N-dealkylation sites (tertiary alicyclic amines) is 1. The molecule has 0 spiro atoms. The van der Waals surface area contributed by atoms with Crippen molar-refractivity contribution in [3.05, 3.63) is 47.9 Å². The Morgan fingerprint density at radius 2 is 2.17 bits per heavy atom. The van der Waals surface area contributed by atoms with E-state index in [4.69, 9.17) is 0 Å². The van der Waals surface area contributed by atoms with Crippen LogP contribution in [0.3, 0.4) is 0 Å². The number of sulfone groups is 1. The summed E-state index contributed by atoms with van der Waals surface area (Å²) >= 11 is 0. The van der Waals surface area contributed by atoms with Gasteiger partial charge in [0.15, 0.2) is 9.84 Å². The van der Waals surface area contributed by atoms with E-state index >= 15 is 0 Å². The molecule has 1 aliphatic rings. The molecule has 0 aliphatic carbocycles. The van der Waals surface area contributed by atoms with Crippen molar-refractivity contribution in [3.63, 3.8) is 0 Å². The average molecular weight is 344 g/mol. The van der Waals surface area contributed by atoms with Crippen molar-refractivity contribution in [2.45, 2.75) is 23.8 Å². The van der Waals surface area contributed by atoms with Crippen molar-refractivity contribution in [3.8, 4) is 0 Å². The summed E-state index contributed by atoms with van der Waals surface area (Å²) in [6.07, 6.45) is 5.66. The van der Waals surface area contributed by atoms with Crippen molar-refractivity contribution in [1.82, 2.24) is 20.1 Å². The lowest BCUT2D eigenvalue weighted by Gasteiger charge is -2.15. The Bertz CT molecular complexity index is 973. The van der Waals surface area contributed by atoms with Crippen LogP contribution in [0.5, 0.6) is 0 Å². The van der Waals surface area contributed by atoms with Crippen molar-refractivity contribution >= 4 is 20.7 Å². The zero-order chi connectivity index (χ0) is 16.7. The first-order chi connectivity index (χ1) is 11.5. The minimum absolute atomic E-state index is 0.183. The van der Waals surface area contributed by atoms with E-state index in [-0.39, 0.29) is 5.92 Å². The fourth-order valence-corrected chi connectivity index (χ4v) is 4.44. The summed E-state index contributed by atoms with van der Waals surface area (Å²) in [7, 11) is -3.24. The van der Waals surface area contributed by atoms with Crippen LogP contribution in [0.4, 0.5) is 0 Å². The molecule has 24 heavy (non-hydrogen) atoms. The Hall–Kier alpha value is -2.12. The number of nitrogens with zero attached hydrogens (tertiary/aromatic N) is 2. The van der Waals surface area contributed by atoms with Gasteiger partial charge in [0.1, 0.15) is 4.90 Å². The molecule has 0 saturated carbocycles. The summed E-state index contributed by atoms with van der Waals surface area (Å²) in [6.45, 7) is 2.65. The molecule has 0 bridgehead atoms. The van der Waals surface area contributed by atoms with Crippen LogP contribution in [-0.2, 0) is 16.4 Å². The molecule has 126 valence electrons. The van der Waals surface area contributed by atoms with E-state index in [0.717, 1.165) is 37.3 Å². The maximum atomic E-state index is 11.9. The molecule has 1 aromatic carbocycles. The maximum absolute atomic E-state index is 11.9. The number of fused-ring (bicyclic) bond motifs is 1. The first-order valence-corrected chi connectivity index (χ1v) is 9.92. The second-order valence-electron chi connectivity index (χ2n) is 6.50. The van der Waals surface area contributed by atoms with Crippen LogP contribution < -0.4 is 0 Å². The van der Waals surface area contributed by atoms with Gasteiger partial charge in [0.25, 0.3) is 0 Å². The second-order valence-corrected chi connectivity index (χ2v) is 8.48. The minimum Gasteiger partial charge on any atom is -0.361 e. The van der Waals surface area contributed by atoms with Crippen LogP contribution in [0.1, 0.15) is 23.6 Å². The number of rotatable bonds is 4. The van der Waals surface area contributed by atoms with Crippen LogP contribution in [-0.4, -0.2) is 47.8 Å². The van der Waals surface area contributed by atoms with Gasteiger partial charge in [-0.1, -0.05) is 18.2 Å². The predicted molar refractivity (Wildman–Crippen MR) is 92.6 cm³/mol. The van der Waals surface area contributed by atoms with Gasteiger partial charge in [-0.25, -0.2) is 8.42 Å². The number of hydrogen-bond acceptors (Lipinski definition) is 4. The van der Waals surface area contributed by atoms with Gasteiger partial charge in [0.2, 0.25) is 0 Å². The minimum atomic E-state index is -3.24. The molecule has 1 unspecified atom stereocenters. The highest BCUT2D eigenvalue weighted by molar-refractivity contribution is 7.90. The second kappa shape index (κ2) is 5.75. The summed E-state index contributed by atoms with van der Waals surface area (Å²) in [5, 5.41) is 8.10. The van der Waals surface area contributed by atoms with Gasteiger partial charge in [-0.2, -0.15) is 5.10 Å². The molecular weight excluding hydrogens is 324 g/mol. The molecule has 7 heteroatoms. The Labute approximate surface area is 140 Å². The normalized spacial score (nSPS) is 19.3. The quantitative estimate of drug-likeness (QED) is 0.761. The third-order valence-corrected chi connectivity index (χ3v) is 5.91. The summed E-state index contributed by atoms with van der Waals surface area (Å²) < 4.78 is 23.8. The van der Waals surface area contributed by atoms with Crippen molar-refractivity contribution < 1.29 is 8.42 Å².